The minimum atomic E-state index is -0.484. The van der Waals surface area contributed by atoms with Crippen molar-refractivity contribution in [3.05, 3.63) is 48.0 Å². The van der Waals surface area contributed by atoms with Gasteiger partial charge in [0.15, 0.2) is 0 Å². The summed E-state index contributed by atoms with van der Waals surface area (Å²) in [6.45, 7) is 7.53. The maximum absolute atomic E-state index is 11.8. The topological polar surface area (TPSA) is 38.3 Å². The molecule has 1 N–H and O–H groups in total. The summed E-state index contributed by atoms with van der Waals surface area (Å²) < 4.78 is 5.29. The van der Waals surface area contributed by atoms with Crippen molar-refractivity contribution in [3.8, 4) is 0 Å². The van der Waals surface area contributed by atoms with Crippen molar-refractivity contribution in [1.82, 2.24) is 5.32 Å². The molecule has 1 amide bonds. The molecule has 20 heavy (non-hydrogen) atoms. The third kappa shape index (κ3) is 3.50. The van der Waals surface area contributed by atoms with Crippen LogP contribution < -0.4 is 5.32 Å². The lowest BCUT2D eigenvalue weighted by molar-refractivity contribution is 0.0508. The van der Waals surface area contributed by atoms with Gasteiger partial charge in [0.1, 0.15) is 5.60 Å². The monoisotopic (exact) mass is 271 g/mol. The summed E-state index contributed by atoms with van der Waals surface area (Å²) in [4.78, 5) is 11.8. The molecule has 0 aliphatic carbocycles. The van der Waals surface area contributed by atoms with Crippen molar-refractivity contribution in [2.75, 3.05) is 0 Å². The molecule has 3 nitrogen and oxygen atoms in total. The van der Waals surface area contributed by atoms with Gasteiger partial charge in [0.25, 0.3) is 0 Å². The fraction of sp³-hybridized carbons (Fsp3) is 0.353. The zero-order valence-corrected chi connectivity index (χ0v) is 12.4. The smallest absolute Gasteiger partial charge is 0.408 e. The second-order valence-electron chi connectivity index (χ2n) is 5.94. The van der Waals surface area contributed by atoms with Crippen molar-refractivity contribution in [2.45, 2.75) is 39.3 Å². The molecular formula is C17H21NO2. The third-order valence-electron chi connectivity index (χ3n) is 3.02. The number of hydrogen-bond acceptors (Lipinski definition) is 2. The van der Waals surface area contributed by atoms with Crippen LogP contribution in [0.25, 0.3) is 10.8 Å². The highest BCUT2D eigenvalue weighted by Gasteiger charge is 2.18. The molecule has 2 rings (SSSR count). The van der Waals surface area contributed by atoms with Crippen molar-refractivity contribution in [3.63, 3.8) is 0 Å². The molecule has 0 heterocycles. The van der Waals surface area contributed by atoms with Crippen LogP contribution in [0.4, 0.5) is 4.79 Å². The molecule has 1 atom stereocenters. The van der Waals surface area contributed by atoms with Gasteiger partial charge in [0.2, 0.25) is 0 Å². The maximum atomic E-state index is 11.8. The van der Waals surface area contributed by atoms with E-state index in [1.807, 2.05) is 52.0 Å². The Morgan fingerprint density at radius 3 is 2.45 bits per heavy atom. The van der Waals surface area contributed by atoms with E-state index in [1.165, 1.54) is 5.39 Å². The first-order valence-electron chi connectivity index (χ1n) is 6.84. The number of rotatable bonds is 2. The molecule has 3 heteroatoms. The van der Waals surface area contributed by atoms with Crippen LogP contribution >= 0.6 is 0 Å². The van der Waals surface area contributed by atoms with Crippen molar-refractivity contribution < 1.29 is 9.53 Å². The number of alkyl carbamates (subject to hydrolysis) is 1. The van der Waals surface area contributed by atoms with E-state index in [1.54, 1.807) is 0 Å². The van der Waals surface area contributed by atoms with Gasteiger partial charge in [-0.05, 0) is 44.0 Å². The number of carbonyl (C=O) groups is 1. The summed E-state index contributed by atoms with van der Waals surface area (Å²) >= 11 is 0. The molecule has 0 aromatic heterocycles. The predicted molar refractivity (Wildman–Crippen MR) is 81.7 cm³/mol. The Balaban J connectivity index is 2.20. The highest BCUT2D eigenvalue weighted by molar-refractivity contribution is 5.86. The van der Waals surface area contributed by atoms with Crippen LogP contribution in [0.15, 0.2) is 42.5 Å². The fourth-order valence-corrected chi connectivity index (χ4v) is 2.19. The number of carbonyl (C=O) groups excluding carboxylic acids is 1. The molecule has 0 spiro atoms. The quantitative estimate of drug-likeness (QED) is 0.877. The van der Waals surface area contributed by atoms with Crippen molar-refractivity contribution >= 4 is 16.9 Å². The molecule has 106 valence electrons. The van der Waals surface area contributed by atoms with E-state index >= 15 is 0 Å². The van der Waals surface area contributed by atoms with E-state index in [0.29, 0.717) is 0 Å². The predicted octanol–water partition coefficient (Wildman–Crippen LogP) is 4.43. The minimum absolute atomic E-state index is 0.101. The third-order valence-corrected chi connectivity index (χ3v) is 3.02. The molecule has 1 unspecified atom stereocenters. The van der Waals surface area contributed by atoms with Crippen LogP contribution in [0.1, 0.15) is 39.3 Å². The molecule has 0 aliphatic rings. The largest absolute Gasteiger partial charge is 0.444 e. The Kier molecular flexibility index (Phi) is 3.98. The van der Waals surface area contributed by atoms with E-state index in [9.17, 15) is 4.79 Å². The fourth-order valence-electron chi connectivity index (χ4n) is 2.19. The number of hydrogen-bond donors (Lipinski definition) is 1. The number of nitrogens with one attached hydrogen (secondary N) is 1. The highest BCUT2D eigenvalue weighted by Crippen LogP contribution is 2.24. The lowest BCUT2D eigenvalue weighted by Crippen LogP contribution is -2.34. The summed E-state index contributed by atoms with van der Waals surface area (Å²) in [6, 6.07) is 14.2. The van der Waals surface area contributed by atoms with Gasteiger partial charge in [-0.3, -0.25) is 0 Å². The van der Waals surface area contributed by atoms with Crippen LogP contribution in [0, 0.1) is 0 Å². The van der Waals surface area contributed by atoms with Crippen molar-refractivity contribution in [2.24, 2.45) is 0 Å². The molecule has 0 bridgehead atoms. The van der Waals surface area contributed by atoms with Crippen LogP contribution in [-0.2, 0) is 4.74 Å². The van der Waals surface area contributed by atoms with Gasteiger partial charge < -0.3 is 10.1 Å². The molecule has 2 aromatic rings. The molecular weight excluding hydrogens is 250 g/mol. The second-order valence-corrected chi connectivity index (χ2v) is 5.94. The first kappa shape index (κ1) is 14.4. The van der Waals surface area contributed by atoms with Gasteiger partial charge in [0, 0.05) is 0 Å². The Labute approximate surface area is 119 Å². The Morgan fingerprint density at radius 1 is 1.10 bits per heavy atom. The first-order chi connectivity index (χ1) is 9.37. The molecule has 0 saturated carbocycles. The number of fused-ring (bicyclic) bond motifs is 1. The van der Waals surface area contributed by atoms with E-state index < -0.39 is 11.7 Å². The second kappa shape index (κ2) is 5.53. The van der Waals surface area contributed by atoms with Gasteiger partial charge in [-0.1, -0.05) is 42.5 Å². The number of benzene rings is 2. The summed E-state index contributed by atoms with van der Waals surface area (Å²) in [7, 11) is 0. The lowest BCUT2D eigenvalue weighted by atomic mass is 10.00. The molecule has 2 aromatic carbocycles. The van der Waals surface area contributed by atoms with E-state index in [-0.39, 0.29) is 6.04 Å². The zero-order valence-electron chi connectivity index (χ0n) is 12.4. The lowest BCUT2D eigenvalue weighted by Gasteiger charge is -2.22. The summed E-state index contributed by atoms with van der Waals surface area (Å²) in [5.41, 5.74) is 0.608. The first-order valence-corrected chi connectivity index (χ1v) is 6.84. The maximum Gasteiger partial charge on any atom is 0.408 e. The van der Waals surface area contributed by atoms with Gasteiger partial charge in [-0.2, -0.15) is 0 Å². The zero-order chi connectivity index (χ0) is 14.8. The number of ether oxygens (including phenoxy) is 1. The SMILES string of the molecule is CC(NC(=O)OC(C)(C)C)c1cccc2ccccc12. The van der Waals surface area contributed by atoms with Gasteiger partial charge >= 0.3 is 6.09 Å². The molecule has 0 fully saturated rings. The normalized spacial score (nSPS) is 13.0. The summed E-state index contributed by atoms with van der Waals surface area (Å²) in [5.74, 6) is 0. The van der Waals surface area contributed by atoms with Crippen molar-refractivity contribution in [1.29, 1.82) is 0 Å². The Hall–Kier alpha value is -2.03. The molecule has 0 aliphatic heterocycles. The van der Waals surface area contributed by atoms with Crippen LogP contribution in [0.2, 0.25) is 0 Å². The van der Waals surface area contributed by atoms with Gasteiger partial charge in [0.05, 0.1) is 6.04 Å². The van der Waals surface area contributed by atoms with Crippen LogP contribution in [0.3, 0.4) is 0 Å². The van der Waals surface area contributed by atoms with Crippen LogP contribution in [0.5, 0.6) is 0 Å². The Bertz CT molecular complexity index is 608. The minimum Gasteiger partial charge on any atom is -0.444 e. The van der Waals surface area contributed by atoms with Gasteiger partial charge in [-0.15, -0.1) is 0 Å². The standard InChI is InChI=1S/C17H21NO2/c1-12(18-16(19)20-17(2,3)4)14-11-7-9-13-8-5-6-10-15(13)14/h5-12H,1-4H3,(H,18,19). The number of amides is 1. The van der Waals surface area contributed by atoms with Gasteiger partial charge in [-0.25, -0.2) is 4.79 Å². The van der Waals surface area contributed by atoms with E-state index in [0.717, 1.165) is 10.9 Å². The van der Waals surface area contributed by atoms with E-state index in [4.69, 9.17) is 4.74 Å². The summed E-state index contributed by atoms with van der Waals surface area (Å²) in [5, 5.41) is 5.20. The molecule has 0 radical (unpaired) electrons. The summed E-state index contributed by atoms with van der Waals surface area (Å²) in [6.07, 6.45) is -0.391. The molecule has 0 saturated heterocycles. The Morgan fingerprint density at radius 2 is 1.75 bits per heavy atom. The average molecular weight is 271 g/mol. The average Bonchev–Trinajstić information content (AvgIpc) is 2.35. The van der Waals surface area contributed by atoms with E-state index in [2.05, 4.69) is 23.5 Å². The highest BCUT2D eigenvalue weighted by atomic mass is 16.6. The van der Waals surface area contributed by atoms with Crippen LogP contribution in [-0.4, -0.2) is 11.7 Å².